The number of amides is 1. The van der Waals surface area contributed by atoms with E-state index in [9.17, 15) is 9.59 Å². The Morgan fingerprint density at radius 2 is 2.14 bits per heavy atom. The van der Waals surface area contributed by atoms with Crippen LogP contribution in [0.2, 0.25) is 0 Å². The van der Waals surface area contributed by atoms with Crippen LogP contribution in [0.5, 0.6) is 0 Å². The van der Waals surface area contributed by atoms with E-state index < -0.39 is 0 Å². The number of piperidine rings is 1. The quantitative estimate of drug-likeness (QED) is 0.696. The summed E-state index contributed by atoms with van der Waals surface area (Å²) in [5.74, 6) is 0.556. The molecule has 1 atom stereocenters. The molecule has 8 heteroatoms. The fourth-order valence-corrected chi connectivity index (χ4v) is 4.71. The number of carbonyl (C=O) groups is 1. The number of rotatable bonds is 2. The number of likely N-dealkylation sites (tertiary alicyclic amines) is 1. The molecule has 4 heterocycles. The first-order valence-electron chi connectivity index (χ1n) is 9.92. The van der Waals surface area contributed by atoms with Crippen LogP contribution in [0.4, 0.5) is 0 Å². The van der Waals surface area contributed by atoms with E-state index in [0.29, 0.717) is 36.7 Å². The van der Waals surface area contributed by atoms with Gasteiger partial charge in [-0.15, -0.1) is 0 Å². The second kappa shape index (κ2) is 6.65. The maximum atomic E-state index is 13.2. The summed E-state index contributed by atoms with van der Waals surface area (Å²) in [5.41, 5.74) is 3.22. The molecule has 1 aliphatic carbocycles. The summed E-state index contributed by atoms with van der Waals surface area (Å²) in [6.45, 7) is 3.08. The van der Waals surface area contributed by atoms with E-state index in [-0.39, 0.29) is 16.9 Å². The molecule has 2 N–H and O–H groups in total. The summed E-state index contributed by atoms with van der Waals surface area (Å²) in [4.78, 5) is 39.2. The van der Waals surface area contributed by atoms with Crippen molar-refractivity contribution in [1.29, 1.82) is 0 Å². The first-order chi connectivity index (χ1) is 14.1. The highest BCUT2D eigenvalue weighted by Crippen LogP contribution is 2.43. The largest absolute Gasteiger partial charge is 0.336 e. The molecule has 29 heavy (non-hydrogen) atoms. The minimum atomic E-state index is -0.230. The van der Waals surface area contributed by atoms with Crippen molar-refractivity contribution in [3.05, 3.63) is 63.6 Å². The number of nitrogens with zero attached hydrogens (tertiary/aromatic N) is 4. The lowest BCUT2D eigenvalue weighted by atomic mass is 9.77. The summed E-state index contributed by atoms with van der Waals surface area (Å²) in [5, 5.41) is 7.12. The van der Waals surface area contributed by atoms with Gasteiger partial charge in [-0.2, -0.15) is 5.10 Å². The predicted molar refractivity (Wildman–Crippen MR) is 107 cm³/mol. The van der Waals surface area contributed by atoms with Gasteiger partial charge in [-0.1, -0.05) is 6.07 Å². The average molecular weight is 390 g/mol. The van der Waals surface area contributed by atoms with E-state index in [2.05, 4.69) is 25.1 Å². The molecular formula is C21H22N6O2. The van der Waals surface area contributed by atoms with Crippen molar-refractivity contribution >= 4 is 5.91 Å². The van der Waals surface area contributed by atoms with Crippen molar-refractivity contribution < 1.29 is 4.79 Å². The smallest absolute Gasteiger partial charge is 0.271 e. The fraction of sp³-hybridized carbons (Fsp3) is 0.381. The summed E-state index contributed by atoms with van der Waals surface area (Å²) >= 11 is 0. The molecule has 0 saturated carbocycles. The van der Waals surface area contributed by atoms with E-state index in [1.54, 1.807) is 12.3 Å². The number of fused-ring (bicyclic) bond motifs is 2. The number of aromatic nitrogens is 5. The van der Waals surface area contributed by atoms with Gasteiger partial charge in [0.15, 0.2) is 0 Å². The molecule has 3 aromatic heterocycles. The number of aryl methyl sites for hydroxylation is 1. The third-order valence-electron chi connectivity index (χ3n) is 6.09. The lowest BCUT2D eigenvalue weighted by Crippen LogP contribution is -2.48. The Morgan fingerprint density at radius 3 is 2.97 bits per heavy atom. The van der Waals surface area contributed by atoms with Gasteiger partial charge in [-0.3, -0.25) is 19.7 Å². The topological polar surface area (TPSA) is 108 Å². The van der Waals surface area contributed by atoms with Gasteiger partial charge >= 0.3 is 0 Å². The second-order valence-electron chi connectivity index (χ2n) is 7.97. The molecule has 0 bridgehead atoms. The van der Waals surface area contributed by atoms with Gasteiger partial charge in [0.2, 0.25) is 0 Å². The molecule has 148 valence electrons. The van der Waals surface area contributed by atoms with Crippen LogP contribution >= 0.6 is 0 Å². The molecule has 1 unspecified atom stereocenters. The van der Waals surface area contributed by atoms with E-state index >= 15 is 0 Å². The van der Waals surface area contributed by atoms with Crippen molar-refractivity contribution in [1.82, 2.24) is 30.0 Å². The third-order valence-corrected chi connectivity index (χ3v) is 6.09. The van der Waals surface area contributed by atoms with Crippen molar-refractivity contribution in [3.63, 3.8) is 0 Å². The number of nitrogens with one attached hydrogen (secondary N) is 2. The molecule has 1 spiro atoms. The zero-order valence-electron chi connectivity index (χ0n) is 16.2. The highest BCUT2D eigenvalue weighted by Gasteiger charge is 2.45. The second-order valence-corrected chi connectivity index (χ2v) is 7.97. The van der Waals surface area contributed by atoms with Crippen molar-refractivity contribution in [2.75, 3.05) is 13.1 Å². The van der Waals surface area contributed by atoms with Crippen LogP contribution in [0.3, 0.4) is 0 Å². The molecule has 1 fully saturated rings. The maximum Gasteiger partial charge on any atom is 0.271 e. The van der Waals surface area contributed by atoms with Gasteiger partial charge in [0.1, 0.15) is 17.2 Å². The molecule has 1 amide bonds. The molecule has 3 aromatic rings. The zero-order chi connectivity index (χ0) is 20.0. The number of hydrogen-bond acceptors (Lipinski definition) is 5. The Bertz CT molecular complexity index is 1140. The number of aromatic amines is 2. The molecule has 8 nitrogen and oxygen atoms in total. The highest BCUT2D eigenvalue weighted by molar-refractivity contribution is 5.93. The summed E-state index contributed by atoms with van der Waals surface area (Å²) in [7, 11) is 0. The van der Waals surface area contributed by atoms with Gasteiger partial charge in [-0.05, 0) is 50.8 Å². The van der Waals surface area contributed by atoms with Crippen LogP contribution in [0, 0.1) is 6.92 Å². The van der Waals surface area contributed by atoms with E-state index in [0.717, 1.165) is 36.2 Å². The standard InChI is InChI=1S/C21H22N6O2/c1-13-23-18-14(19(28)24-13)6-8-21(18)7-4-10-27(12-21)20(29)17-11-16(25-26-17)15-5-2-3-9-22-15/h2-3,5,9,11H,4,6-8,10,12H2,1H3,(H,25,26)(H,23,24,28). The number of pyridine rings is 1. The van der Waals surface area contributed by atoms with Gasteiger partial charge < -0.3 is 9.88 Å². The SMILES string of the molecule is Cc1nc2c(c(=O)[nH]1)CCC21CCCN(C(=O)c2cc(-c3ccccn3)n[nH]2)C1. The average Bonchev–Trinajstić information content (AvgIpc) is 3.35. The number of carbonyl (C=O) groups excluding carboxylic acids is 1. The van der Waals surface area contributed by atoms with Crippen molar-refractivity contribution in [3.8, 4) is 11.4 Å². The van der Waals surface area contributed by atoms with Crippen LogP contribution in [0.1, 0.15) is 46.8 Å². The predicted octanol–water partition coefficient (Wildman–Crippen LogP) is 1.98. The van der Waals surface area contributed by atoms with E-state index in [1.165, 1.54) is 0 Å². The third kappa shape index (κ3) is 2.95. The lowest BCUT2D eigenvalue weighted by Gasteiger charge is -2.40. The molecule has 1 saturated heterocycles. The highest BCUT2D eigenvalue weighted by atomic mass is 16.2. The van der Waals surface area contributed by atoms with Crippen LogP contribution in [-0.2, 0) is 11.8 Å². The Balaban J connectivity index is 1.42. The van der Waals surface area contributed by atoms with E-state index in [4.69, 9.17) is 0 Å². The van der Waals surface area contributed by atoms with Gasteiger partial charge in [-0.25, -0.2) is 4.98 Å². The number of hydrogen-bond donors (Lipinski definition) is 2. The van der Waals surface area contributed by atoms with Crippen LogP contribution in [0.25, 0.3) is 11.4 Å². The molecule has 5 rings (SSSR count). The lowest BCUT2D eigenvalue weighted by molar-refractivity contribution is 0.0627. The first kappa shape index (κ1) is 17.8. The van der Waals surface area contributed by atoms with E-state index in [1.807, 2.05) is 30.0 Å². The fourth-order valence-electron chi connectivity index (χ4n) is 4.71. The van der Waals surface area contributed by atoms with Crippen LogP contribution in [-0.4, -0.2) is 49.0 Å². The first-order valence-corrected chi connectivity index (χ1v) is 9.92. The summed E-state index contributed by atoms with van der Waals surface area (Å²) in [6, 6.07) is 7.35. The maximum absolute atomic E-state index is 13.2. The van der Waals surface area contributed by atoms with Crippen molar-refractivity contribution in [2.24, 2.45) is 0 Å². The monoisotopic (exact) mass is 390 g/mol. The van der Waals surface area contributed by atoms with Gasteiger partial charge in [0.05, 0.1) is 11.4 Å². The molecular weight excluding hydrogens is 368 g/mol. The minimum absolute atomic E-state index is 0.0404. The Labute approximate surface area is 167 Å². The minimum Gasteiger partial charge on any atom is -0.336 e. The summed E-state index contributed by atoms with van der Waals surface area (Å²) in [6.07, 6.45) is 5.11. The Morgan fingerprint density at radius 1 is 1.24 bits per heavy atom. The van der Waals surface area contributed by atoms with Crippen LogP contribution in [0.15, 0.2) is 35.3 Å². The van der Waals surface area contributed by atoms with Gasteiger partial charge in [0, 0.05) is 30.3 Å². The molecule has 0 radical (unpaired) electrons. The van der Waals surface area contributed by atoms with Crippen molar-refractivity contribution in [2.45, 2.75) is 38.0 Å². The molecule has 0 aromatic carbocycles. The molecule has 2 aliphatic rings. The summed E-state index contributed by atoms with van der Waals surface area (Å²) < 4.78 is 0. The van der Waals surface area contributed by atoms with Gasteiger partial charge in [0.25, 0.3) is 11.5 Å². The Hall–Kier alpha value is -3.29. The normalized spacial score (nSPS) is 20.8. The van der Waals surface area contributed by atoms with Crippen LogP contribution < -0.4 is 5.56 Å². The Kier molecular flexibility index (Phi) is 4.08. The zero-order valence-corrected chi connectivity index (χ0v) is 16.2. The molecule has 1 aliphatic heterocycles. The number of H-pyrrole nitrogens is 2.